The van der Waals surface area contributed by atoms with Gasteiger partial charge in [0.1, 0.15) is 5.75 Å². The molecule has 0 saturated heterocycles. The maximum Gasteiger partial charge on any atom is 0.118 e. The molecule has 0 aromatic heterocycles. The Morgan fingerprint density at radius 1 is 0.826 bits per heavy atom. The molecular weight excluding hydrogens is 324 g/mol. The first-order valence-corrected chi connectivity index (χ1v) is 9.12. The van der Waals surface area contributed by atoms with E-state index in [-0.39, 0.29) is 0 Å². The number of ether oxygens (including phenoxy) is 1. The molecule has 2 nitrogen and oxygen atoms in total. The van der Waals surface area contributed by atoms with Crippen LogP contribution in [-0.4, -0.2) is 11.3 Å². The quantitative estimate of drug-likeness (QED) is 0.653. The minimum atomic E-state index is -1.22. The van der Waals surface area contributed by atoms with Gasteiger partial charge in [0.25, 0.3) is 0 Å². The Balaban J connectivity index is 1.91. The molecule has 3 aromatic carbocycles. The third-order valence-electron chi connectivity index (χ3n) is 3.29. The first-order valence-electron chi connectivity index (χ1n) is 7.15. The van der Waals surface area contributed by atoms with E-state index < -0.39 is 10.8 Å². The third-order valence-corrected chi connectivity index (χ3v) is 5.96. The molecule has 4 heteroatoms. The van der Waals surface area contributed by atoms with Gasteiger partial charge in [0.2, 0.25) is 0 Å². The van der Waals surface area contributed by atoms with E-state index in [1.165, 1.54) is 0 Å². The monoisotopic (exact) mass is 340 g/mol. The van der Waals surface area contributed by atoms with Gasteiger partial charge in [0, 0.05) is 14.7 Å². The Labute approximate surface area is 143 Å². The van der Waals surface area contributed by atoms with Crippen molar-refractivity contribution in [1.29, 1.82) is 0 Å². The maximum atomic E-state index is 12.9. The Hall–Kier alpha value is -2.04. The molecule has 0 saturated carbocycles. The molecule has 1 unspecified atom stereocenters. The maximum absolute atomic E-state index is 12.9. The van der Waals surface area contributed by atoms with Crippen LogP contribution in [0.4, 0.5) is 0 Å². The van der Waals surface area contributed by atoms with Gasteiger partial charge in [-0.25, -0.2) is 4.21 Å². The van der Waals surface area contributed by atoms with Gasteiger partial charge in [-0.1, -0.05) is 42.1 Å². The highest BCUT2D eigenvalue weighted by atomic mass is 32.2. The summed E-state index contributed by atoms with van der Waals surface area (Å²) in [6.07, 6.45) is 0. The number of hydrogen-bond acceptors (Lipinski definition) is 3. The van der Waals surface area contributed by atoms with Gasteiger partial charge in [-0.05, 0) is 48.5 Å². The van der Waals surface area contributed by atoms with Crippen molar-refractivity contribution in [3.8, 4) is 5.75 Å². The summed E-state index contributed by atoms with van der Waals surface area (Å²) in [7, 11) is 0.404. The molecule has 3 aromatic rings. The lowest BCUT2D eigenvalue weighted by Crippen LogP contribution is -1.95. The van der Waals surface area contributed by atoms with Gasteiger partial charge in [0.05, 0.1) is 22.8 Å². The average molecular weight is 340 g/mol. The number of rotatable bonds is 5. The summed E-state index contributed by atoms with van der Waals surface area (Å²) in [6.45, 7) is 0. The van der Waals surface area contributed by atoms with Crippen LogP contribution in [-0.2, 0) is 10.8 Å². The highest BCUT2D eigenvalue weighted by Gasteiger charge is 2.13. The van der Waals surface area contributed by atoms with Crippen LogP contribution in [0.5, 0.6) is 5.75 Å². The lowest BCUT2D eigenvalue weighted by Gasteiger charge is -2.09. The van der Waals surface area contributed by atoms with Crippen LogP contribution in [0.2, 0.25) is 0 Å². The van der Waals surface area contributed by atoms with Gasteiger partial charge in [-0.3, -0.25) is 0 Å². The first kappa shape index (κ1) is 15.8. The van der Waals surface area contributed by atoms with Crippen molar-refractivity contribution < 1.29 is 8.95 Å². The smallest absolute Gasteiger partial charge is 0.118 e. The Morgan fingerprint density at radius 3 is 2.17 bits per heavy atom. The molecule has 1 atom stereocenters. The zero-order valence-corrected chi connectivity index (χ0v) is 14.3. The molecule has 0 fully saturated rings. The minimum absolute atomic E-state index is 0.762. The molecule has 0 radical (unpaired) electrons. The minimum Gasteiger partial charge on any atom is -0.497 e. The molecule has 23 heavy (non-hydrogen) atoms. The van der Waals surface area contributed by atoms with Gasteiger partial charge in [0.15, 0.2) is 0 Å². The SMILES string of the molecule is COc1ccc(S(=O)c2ccccc2Sc2ccccc2)cc1. The molecular formula is C19H16O2S2. The van der Waals surface area contributed by atoms with Gasteiger partial charge >= 0.3 is 0 Å². The second kappa shape index (κ2) is 7.49. The van der Waals surface area contributed by atoms with Crippen molar-refractivity contribution in [2.75, 3.05) is 7.11 Å². The fourth-order valence-corrected chi connectivity index (χ4v) is 4.43. The Bertz CT molecular complexity index is 799. The first-order chi connectivity index (χ1) is 11.3. The van der Waals surface area contributed by atoms with Crippen LogP contribution >= 0.6 is 11.8 Å². The molecule has 0 spiro atoms. The highest BCUT2D eigenvalue weighted by molar-refractivity contribution is 8.00. The summed E-state index contributed by atoms with van der Waals surface area (Å²) in [5.74, 6) is 0.762. The van der Waals surface area contributed by atoms with E-state index in [9.17, 15) is 4.21 Å². The van der Waals surface area contributed by atoms with E-state index >= 15 is 0 Å². The summed E-state index contributed by atoms with van der Waals surface area (Å²) < 4.78 is 18.1. The van der Waals surface area contributed by atoms with Gasteiger partial charge in [-0.2, -0.15) is 0 Å². The normalized spacial score (nSPS) is 11.9. The van der Waals surface area contributed by atoms with Crippen LogP contribution in [0, 0.1) is 0 Å². The van der Waals surface area contributed by atoms with Crippen LogP contribution in [0.3, 0.4) is 0 Å². The fourth-order valence-electron chi connectivity index (χ4n) is 2.13. The van der Waals surface area contributed by atoms with Crippen LogP contribution < -0.4 is 4.74 Å². The molecule has 3 rings (SSSR count). The highest BCUT2D eigenvalue weighted by Crippen LogP contribution is 2.33. The standard InChI is InChI=1S/C19H16O2S2/c1-21-15-11-13-17(14-12-15)23(20)19-10-6-5-9-18(19)22-16-7-3-2-4-8-16/h2-14H,1H3. The molecule has 0 N–H and O–H groups in total. The molecule has 0 heterocycles. The second-order valence-electron chi connectivity index (χ2n) is 4.81. The van der Waals surface area contributed by atoms with Crippen molar-refractivity contribution in [3.63, 3.8) is 0 Å². The van der Waals surface area contributed by atoms with Crippen molar-refractivity contribution in [2.24, 2.45) is 0 Å². The van der Waals surface area contributed by atoms with E-state index in [0.717, 1.165) is 25.3 Å². The Morgan fingerprint density at radius 2 is 1.48 bits per heavy atom. The van der Waals surface area contributed by atoms with Crippen LogP contribution in [0.1, 0.15) is 0 Å². The van der Waals surface area contributed by atoms with Gasteiger partial charge < -0.3 is 4.74 Å². The molecule has 0 bridgehead atoms. The van der Waals surface area contributed by atoms with Crippen molar-refractivity contribution in [2.45, 2.75) is 19.6 Å². The predicted octanol–water partition coefficient (Wildman–Crippen LogP) is 5.01. The fraction of sp³-hybridized carbons (Fsp3) is 0.0526. The third kappa shape index (κ3) is 3.84. The van der Waals surface area contributed by atoms with Crippen LogP contribution in [0.25, 0.3) is 0 Å². The summed E-state index contributed by atoms with van der Waals surface area (Å²) in [4.78, 5) is 3.73. The molecule has 0 amide bonds. The van der Waals surface area contributed by atoms with E-state index in [1.807, 2.05) is 66.7 Å². The lowest BCUT2D eigenvalue weighted by molar-refractivity contribution is 0.414. The topological polar surface area (TPSA) is 26.3 Å². The van der Waals surface area contributed by atoms with Crippen molar-refractivity contribution in [1.82, 2.24) is 0 Å². The van der Waals surface area contributed by atoms with Crippen molar-refractivity contribution in [3.05, 3.63) is 78.9 Å². The number of benzene rings is 3. The van der Waals surface area contributed by atoms with Crippen LogP contribution in [0.15, 0.2) is 98.4 Å². The average Bonchev–Trinajstić information content (AvgIpc) is 2.62. The van der Waals surface area contributed by atoms with E-state index in [4.69, 9.17) is 4.74 Å². The van der Waals surface area contributed by atoms with E-state index in [2.05, 4.69) is 12.1 Å². The summed E-state index contributed by atoms with van der Waals surface area (Å²) in [5.41, 5.74) is 0. The van der Waals surface area contributed by atoms with Crippen molar-refractivity contribution >= 4 is 22.6 Å². The molecule has 116 valence electrons. The van der Waals surface area contributed by atoms with E-state index in [1.54, 1.807) is 18.9 Å². The summed E-state index contributed by atoms with van der Waals surface area (Å²) in [6, 6.07) is 25.3. The predicted molar refractivity (Wildman–Crippen MR) is 94.7 cm³/mol. The van der Waals surface area contributed by atoms with E-state index in [0.29, 0.717) is 0 Å². The summed E-state index contributed by atoms with van der Waals surface area (Å²) in [5, 5.41) is 0. The number of hydrogen-bond donors (Lipinski definition) is 0. The lowest BCUT2D eigenvalue weighted by atomic mass is 10.3. The largest absolute Gasteiger partial charge is 0.497 e. The second-order valence-corrected chi connectivity index (χ2v) is 7.37. The molecule has 0 aliphatic rings. The zero-order chi connectivity index (χ0) is 16.1. The van der Waals surface area contributed by atoms with Gasteiger partial charge in [-0.15, -0.1) is 0 Å². The molecule has 0 aliphatic heterocycles. The Kier molecular flexibility index (Phi) is 5.16. The summed E-state index contributed by atoms with van der Waals surface area (Å²) >= 11 is 1.63. The molecule has 0 aliphatic carbocycles. The zero-order valence-electron chi connectivity index (χ0n) is 12.6. The number of methoxy groups -OCH3 is 1.